The summed E-state index contributed by atoms with van der Waals surface area (Å²) in [5, 5.41) is 3.39. The molecule has 0 fully saturated rings. The Morgan fingerprint density at radius 2 is 2.00 bits per heavy atom. The van der Waals surface area contributed by atoms with Crippen molar-refractivity contribution in [1.29, 1.82) is 0 Å². The molecule has 0 aromatic heterocycles. The zero-order valence-electron chi connectivity index (χ0n) is 13.1. The fourth-order valence-electron chi connectivity index (χ4n) is 2.28. The van der Waals surface area contributed by atoms with E-state index < -0.39 is 10.2 Å². The number of benzene rings is 1. The van der Waals surface area contributed by atoms with Gasteiger partial charge in [-0.05, 0) is 43.9 Å². The van der Waals surface area contributed by atoms with E-state index in [1.165, 1.54) is 22.5 Å². The zero-order chi connectivity index (χ0) is 16.3. The van der Waals surface area contributed by atoms with Crippen LogP contribution in [0, 0.1) is 0 Å². The SMILES string of the molecule is CC1=C(C)Nc2ccccc2C1.CCC1NS(=O)(=O)N=C1N. The number of hydrogen-bond donors (Lipinski definition) is 3. The summed E-state index contributed by atoms with van der Waals surface area (Å²) in [4.78, 5) is 0. The molecule has 0 amide bonds. The van der Waals surface area contributed by atoms with E-state index in [-0.39, 0.29) is 11.9 Å². The predicted octanol–water partition coefficient (Wildman–Crippen LogP) is 1.92. The lowest BCUT2D eigenvalue weighted by Crippen LogP contribution is -2.35. The van der Waals surface area contributed by atoms with Crippen LogP contribution in [0.15, 0.2) is 39.9 Å². The molecule has 0 saturated carbocycles. The number of hydrogen-bond acceptors (Lipinski definition) is 4. The van der Waals surface area contributed by atoms with Gasteiger partial charge in [-0.1, -0.05) is 25.1 Å². The first kappa shape index (κ1) is 16.5. The lowest BCUT2D eigenvalue weighted by atomic mass is 9.99. The average molecular weight is 322 g/mol. The van der Waals surface area contributed by atoms with Gasteiger partial charge in [0.25, 0.3) is 0 Å². The monoisotopic (exact) mass is 322 g/mol. The molecule has 0 spiro atoms. The minimum atomic E-state index is -3.44. The molecule has 0 saturated heterocycles. The number of nitrogens with zero attached hydrogens (tertiary/aromatic N) is 1. The number of nitrogens with one attached hydrogen (secondary N) is 2. The van der Waals surface area contributed by atoms with Crippen molar-refractivity contribution in [2.75, 3.05) is 5.32 Å². The Morgan fingerprint density at radius 3 is 2.55 bits per heavy atom. The predicted molar refractivity (Wildman–Crippen MR) is 89.9 cm³/mol. The first-order chi connectivity index (χ1) is 10.3. The Hall–Kier alpha value is -1.86. The molecule has 0 bridgehead atoms. The maximum Gasteiger partial charge on any atom is 0.322 e. The highest BCUT2D eigenvalue weighted by atomic mass is 32.2. The van der Waals surface area contributed by atoms with Gasteiger partial charge in [-0.2, -0.15) is 13.1 Å². The van der Waals surface area contributed by atoms with Crippen LogP contribution in [0.3, 0.4) is 0 Å². The first-order valence-electron chi connectivity index (χ1n) is 7.21. The Labute approximate surface area is 131 Å². The van der Waals surface area contributed by atoms with E-state index in [1.54, 1.807) is 0 Å². The van der Waals surface area contributed by atoms with Gasteiger partial charge < -0.3 is 11.1 Å². The van der Waals surface area contributed by atoms with Crippen molar-refractivity contribution in [3.05, 3.63) is 41.1 Å². The van der Waals surface area contributed by atoms with Crippen molar-refractivity contribution in [3.63, 3.8) is 0 Å². The minimum Gasteiger partial charge on any atom is -0.385 e. The lowest BCUT2D eigenvalue weighted by molar-refractivity contribution is 0.581. The summed E-state index contributed by atoms with van der Waals surface area (Å²) < 4.78 is 26.8. The Kier molecular flexibility index (Phi) is 4.87. The van der Waals surface area contributed by atoms with E-state index in [9.17, 15) is 8.42 Å². The largest absolute Gasteiger partial charge is 0.385 e. The van der Waals surface area contributed by atoms with Gasteiger partial charge in [0.05, 0.1) is 6.04 Å². The van der Waals surface area contributed by atoms with Crippen molar-refractivity contribution < 1.29 is 8.42 Å². The van der Waals surface area contributed by atoms with Gasteiger partial charge in [-0.25, -0.2) is 0 Å². The normalized spacial score (nSPS) is 22.1. The van der Waals surface area contributed by atoms with Gasteiger partial charge in [-0.15, -0.1) is 4.40 Å². The van der Waals surface area contributed by atoms with Gasteiger partial charge in [-0.3, -0.25) is 0 Å². The molecule has 1 unspecified atom stereocenters. The molecular formula is C15H22N4O2S. The van der Waals surface area contributed by atoms with Crippen LogP contribution in [0.5, 0.6) is 0 Å². The molecule has 3 rings (SSSR count). The highest BCUT2D eigenvalue weighted by molar-refractivity contribution is 7.88. The Balaban J connectivity index is 0.000000164. The summed E-state index contributed by atoms with van der Waals surface area (Å²) in [5.74, 6) is 0.155. The highest BCUT2D eigenvalue weighted by Gasteiger charge is 2.26. The third-order valence-electron chi connectivity index (χ3n) is 3.72. The number of nitrogens with two attached hydrogens (primary N) is 1. The van der Waals surface area contributed by atoms with Crippen molar-refractivity contribution >= 4 is 21.7 Å². The van der Waals surface area contributed by atoms with Crippen molar-refractivity contribution in [1.82, 2.24) is 4.72 Å². The van der Waals surface area contributed by atoms with E-state index in [4.69, 9.17) is 5.73 Å². The van der Waals surface area contributed by atoms with E-state index in [0.29, 0.717) is 6.42 Å². The summed E-state index contributed by atoms with van der Waals surface area (Å²) in [7, 11) is -3.44. The van der Waals surface area contributed by atoms with Crippen LogP contribution < -0.4 is 15.8 Å². The Morgan fingerprint density at radius 1 is 1.32 bits per heavy atom. The summed E-state index contributed by atoms with van der Waals surface area (Å²) >= 11 is 0. The van der Waals surface area contributed by atoms with E-state index >= 15 is 0 Å². The molecule has 7 heteroatoms. The molecule has 6 nitrogen and oxygen atoms in total. The van der Waals surface area contributed by atoms with Gasteiger partial charge in [0.15, 0.2) is 0 Å². The van der Waals surface area contributed by atoms with Gasteiger partial charge in [0, 0.05) is 11.4 Å². The first-order valence-corrected chi connectivity index (χ1v) is 8.65. The van der Waals surface area contributed by atoms with Crippen molar-refractivity contribution in [2.24, 2.45) is 10.1 Å². The third-order valence-corrected chi connectivity index (χ3v) is 4.75. The van der Waals surface area contributed by atoms with E-state index in [0.717, 1.165) is 6.42 Å². The number of amidine groups is 1. The molecule has 0 radical (unpaired) electrons. The average Bonchev–Trinajstić information content (AvgIpc) is 2.73. The van der Waals surface area contributed by atoms with Crippen LogP contribution in [0.1, 0.15) is 32.8 Å². The second-order valence-electron chi connectivity index (χ2n) is 5.43. The Bertz CT molecular complexity index is 690. The molecule has 4 N–H and O–H groups in total. The van der Waals surface area contributed by atoms with Gasteiger partial charge >= 0.3 is 10.2 Å². The molecule has 22 heavy (non-hydrogen) atoms. The third kappa shape index (κ3) is 3.86. The fourth-order valence-corrected chi connectivity index (χ4v) is 3.39. The standard InChI is InChI=1S/C11H13N.C4H9N3O2S/c1-8-7-10-5-3-4-6-11(10)12-9(8)2;1-2-3-4(5)7-10(8,9)6-3/h3-6,12H,7H2,1-2H3;3,6H,2H2,1H3,(H2,5,7). The fraction of sp³-hybridized carbons (Fsp3) is 0.400. The quantitative estimate of drug-likeness (QED) is 0.736. The zero-order valence-corrected chi connectivity index (χ0v) is 13.9. The number of fused-ring (bicyclic) bond motifs is 1. The summed E-state index contributed by atoms with van der Waals surface area (Å²) in [5.41, 5.74) is 10.7. The van der Waals surface area contributed by atoms with Crippen LogP contribution in [-0.2, 0) is 16.6 Å². The molecule has 1 atom stereocenters. The molecule has 0 aliphatic carbocycles. The lowest BCUT2D eigenvalue weighted by Gasteiger charge is -2.20. The number of anilines is 1. The minimum absolute atomic E-state index is 0.155. The van der Waals surface area contributed by atoms with Crippen LogP contribution >= 0.6 is 0 Å². The summed E-state index contributed by atoms with van der Waals surface area (Å²) in [6, 6.07) is 8.17. The second-order valence-corrected chi connectivity index (χ2v) is 6.80. The van der Waals surface area contributed by atoms with Crippen molar-refractivity contribution in [2.45, 2.75) is 39.7 Å². The second kappa shape index (κ2) is 6.50. The molecule has 120 valence electrons. The van der Waals surface area contributed by atoms with Crippen LogP contribution in [0.4, 0.5) is 5.69 Å². The maximum atomic E-state index is 10.6. The smallest absolute Gasteiger partial charge is 0.322 e. The number of rotatable bonds is 1. The molecule has 1 aromatic carbocycles. The number of allylic oxidation sites excluding steroid dienone is 2. The number of para-hydroxylation sites is 1. The summed E-state index contributed by atoms with van der Waals surface area (Å²) in [6.45, 7) is 6.14. The molecule has 1 aromatic rings. The summed E-state index contributed by atoms with van der Waals surface area (Å²) in [6.07, 6.45) is 1.73. The molecular weight excluding hydrogens is 300 g/mol. The van der Waals surface area contributed by atoms with E-state index in [1.807, 2.05) is 6.92 Å². The van der Waals surface area contributed by atoms with Crippen LogP contribution in [-0.4, -0.2) is 20.3 Å². The van der Waals surface area contributed by atoms with Crippen LogP contribution in [0.25, 0.3) is 0 Å². The van der Waals surface area contributed by atoms with Crippen molar-refractivity contribution in [3.8, 4) is 0 Å². The van der Waals surface area contributed by atoms with E-state index in [2.05, 4.69) is 52.5 Å². The molecule has 2 heterocycles. The molecule has 2 aliphatic heterocycles. The van der Waals surface area contributed by atoms with Gasteiger partial charge in [0.1, 0.15) is 5.84 Å². The highest BCUT2D eigenvalue weighted by Crippen LogP contribution is 2.26. The topological polar surface area (TPSA) is 96.6 Å². The maximum absolute atomic E-state index is 10.6. The van der Waals surface area contributed by atoms with Crippen LogP contribution in [0.2, 0.25) is 0 Å². The van der Waals surface area contributed by atoms with Gasteiger partial charge in [0.2, 0.25) is 0 Å². The molecule has 2 aliphatic rings.